The minimum atomic E-state index is 0.842. The molecule has 4 aromatic carbocycles. The van der Waals surface area contributed by atoms with E-state index in [4.69, 9.17) is 11.5 Å². The number of hydrogen-bond donors (Lipinski definition) is 2. The smallest absolute Gasteiger partial charge is 0.0314 e. The highest BCUT2D eigenvalue weighted by Crippen LogP contribution is 2.23. The zero-order chi connectivity index (χ0) is 39.5. The van der Waals surface area contributed by atoms with Crippen LogP contribution in [0.15, 0.2) is 84.9 Å². The number of nitrogens with two attached hydrogens (primary N) is 2. The second-order valence-corrected chi connectivity index (χ2v) is 17.1. The third kappa shape index (κ3) is 18.6. The first-order valence-electron chi connectivity index (χ1n) is 23.4. The first-order chi connectivity index (χ1) is 27.5. The summed E-state index contributed by atoms with van der Waals surface area (Å²) in [7, 11) is 0. The van der Waals surface area contributed by atoms with E-state index in [1.165, 1.54) is 189 Å². The summed E-state index contributed by atoms with van der Waals surface area (Å²) in [5.41, 5.74) is 25.4. The summed E-state index contributed by atoms with van der Waals surface area (Å²) in [6.45, 7) is 4.61. The van der Waals surface area contributed by atoms with Crippen molar-refractivity contribution in [1.29, 1.82) is 0 Å². The van der Waals surface area contributed by atoms with Gasteiger partial charge in [-0.25, -0.2) is 0 Å². The van der Waals surface area contributed by atoms with Crippen molar-refractivity contribution in [2.24, 2.45) is 0 Å². The van der Waals surface area contributed by atoms with E-state index >= 15 is 0 Å². The maximum Gasteiger partial charge on any atom is 0.0314 e. The van der Waals surface area contributed by atoms with Gasteiger partial charge in [0.05, 0.1) is 0 Å². The number of rotatable bonds is 31. The normalized spacial score (nSPS) is 11.4. The number of anilines is 2. The second-order valence-electron chi connectivity index (χ2n) is 17.1. The largest absolute Gasteiger partial charge is 0.399 e. The average molecular weight is 757 g/mol. The summed E-state index contributed by atoms with van der Waals surface area (Å²) >= 11 is 0. The van der Waals surface area contributed by atoms with Crippen LogP contribution in [0.25, 0.3) is 0 Å². The molecule has 4 rings (SSSR count). The van der Waals surface area contributed by atoms with Crippen molar-refractivity contribution in [3.8, 4) is 0 Å². The van der Waals surface area contributed by atoms with Gasteiger partial charge in [0.15, 0.2) is 0 Å². The maximum absolute atomic E-state index is 5.89. The molecule has 0 atom stereocenters. The van der Waals surface area contributed by atoms with E-state index in [0.29, 0.717) is 0 Å². The van der Waals surface area contributed by atoms with Gasteiger partial charge in [0.2, 0.25) is 0 Å². The molecule has 4 aromatic rings. The minimum Gasteiger partial charge on any atom is -0.399 e. The van der Waals surface area contributed by atoms with Gasteiger partial charge in [-0.2, -0.15) is 0 Å². The lowest BCUT2D eigenvalue weighted by atomic mass is 9.93. The van der Waals surface area contributed by atoms with Gasteiger partial charge < -0.3 is 11.5 Å². The average Bonchev–Trinajstić information content (AvgIpc) is 3.21. The Labute approximate surface area is 344 Å². The summed E-state index contributed by atoms with van der Waals surface area (Å²) < 4.78 is 0. The Kier molecular flexibility index (Phi) is 22.6. The maximum atomic E-state index is 5.89. The fourth-order valence-corrected chi connectivity index (χ4v) is 8.47. The molecule has 306 valence electrons. The molecule has 0 saturated carbocycles. The van der Waals surface area contributed by atoms with Gasteiger partial charge in [0.1, 0.15) is 0 Å². The van der Waals surface area contributed by atoms with Crippen molar-refractivity contribution in [3.63, 3.8) is 0 Å². The summed E-state index contributed by atoms with van der Waals surface area (Å²) in [5, 5.41) is 0. The van der Waals surface area contributed by atoms with Crippen molar-refractivity contribution in [1.82, 2.24) is 0 Å². The van der Waals surface area contributed by atoms with Crippen molar-refractivity contribution in [2.45, 2.75) is 194 Å². The Morgan fingerprint density at radius 3 is 0.857 bits per heavy atom. The Morgan fingerprint density at radius 2 is 0.554 bits per heavy atom. The molecule has 0 heterocycles. The number of nitrogen functional groups attached to an aromatic ring is 2. The SMILES string of the molecule is CCCCc1cc(Cc2ccc(N)cc2)ccc1CCCCCCCCCCCCCCCCCCCCc1ccc(Cc2ccc(N)cc2)cc1CCCC. The Hall–Kier alpha value is -3.52. The molecule has 0 fully saturated rings. The molecular weight excluding hydrogens is 677 g/mol. The number of aryl methyl sites for hydroxylation is 4. The van der Waals surface area contributed by atoms with E-state index in [1.54, 1.807) is 22.3 Å². The first kappa shape index (κ1) is 45.2. The summed E-state index contributed by atoms with van der Waals surface area (Å²) in [5.74, 6) is 0. The van der Waals surface area contributed by atoms with Gasteiger partial charge in [0, 0.05) is 11.4 Å². The molecule has 0 aliphatic heterocycles. The third-order valence-corrected chi connectivity index (χ3v) is 12.1. The highest BCUT2D eigenvalue weighted by molar-refractivity contribution is 5.43. The van der Waals surface area contributed by atoms with Crippen molar-refractivity contribution in [3.05, 3.63) is 129 Å². The Bertz CT molecular complexity index is 1460. The van der Waals surface area contributed by atoms with Crippen LogP contribution in [0.1, 0.15) is 200 Å². The second kappa shape index (κ2) is 28.0. The molecule has 0 radical (unpaired) electrons. The fourth-order valence-electron chi connectivity index (χ4n) is 8.47. The highest BCUT2D eigenvalue weighted by atomic mass is 14.5. The molecule has 0 aliphatic rings. The molecule has 56 heavy (non-hydrogen) atoms. The van der Waals surface area contributed by atoms with Gasteiger partial charge in [0.25, 0.3) is 0 Å². The minimum absolute atomic E-state index is 0.842. The molecule has 0 bridgehead atoms. The van der Waals surface area contributed by atoms with Crippen LogP contribution in [0.3, 0.4) is 0 Å². The Morgan fingerprint density at radius 1 is 0.286 bits per heavy atom. The molecule has 0 amide bonds. The van der Waals surface area contributed by atoms with Crippen LogP contribution in [0, 0.1) is 0 Å². The van der Waals surface area contributed by atoms with Gasteiger partial charge in [-0.1, -0.05) is 190 Å². The fraction of sp³-hybridized carbons (Fsp3) is 0.556. The van der Waals surface area contributed by atoms with Gasteiger partial charge >= 0.3 is 0 Å². The lowest BCUT2D eigenvalue weighted by molar-refractivity contribution is 0.523. The molecular formula is C54H80N2. The van der Waals surface area contributed by atoms with E-state index < -0.39 is 0 Å². The van der Waals surface area contributed by atoms with Gasteiger partial charge in [-0.05, 0) is 133 Å². The summed E-state index contributed by atoms with van der Waals surface area (Å²) in [6.07, 6.45) is 37.4. The lowest BCUT2D eigenvalue weighted by Crippen LogP contribution is -1.99. The first-order valence-corrected chi connectivity index (χ1v) is 23.4. The number of hydrogen-bond acceptors (Lipinski definition) is 2. The van der Waals surface area contributed by atoms with E-state index in [0.717, 1.165) is 24.2 Å². The van der Waals surface area contributed by atoms with E-state index in [1.807, 2.05) is 24.3 Å². The lowest BCUT2D eigenvalue weighted by Gasteiger charge is -2.13. The van der Waals surface area contributed by atoms with E-state index in [-0.39, 0.29) is 0 Å². The highest BCUT2D eigenvalue weighted by Gasteiger charge is 2.08. The number of unbranched alkanes of at least 4 members (excludes halogenated alkanes) is 19. The molecule has 0 aliphatic carbocycles. The molecule has 0 aromatic heterocycles. The van der Waals surface area contributed by atoms with Crippen LogP contribution in [0.2, 0.25) is 0 Å². The zero-order valence-electron chi connectivity index (χ0n) is 36.0. The van der Waals surface area contributed by atoms with Crippen LogP contribution in [0.4, 0.5) is 11.4 Å². The monoisotopic (exact) mass is 757 g/mol. The third-order valence-electron chi connectivity index (χ3n) is 12.1. The van der Waals surface area contributed by atoms with Crippen LogP contribution >= 0.6 is 0 Å². The molecule has 4 N–H and O–H groups in total. The quantitative estimate of drug-likeness (QED) is 0.0397. The van der Waals surface area contributed by atoms with Crippen molar-refractivity contribution < 1.29 is 0 Å². The van der Waals surface area contributed by atoms with Gasteiger partial charge in [-0.3, -0.25) is 0 Å². The molecule has 2 heteroatoms. The zero-order valence-corrected chi connectivity index (χ0v) is 36.0. The topological polar surface area (TPSA) is 52.0 Å². The van der Waals surface area contributed by atoms with Gasteiger partial charge in [-0.15, -0.1) is 0 Å². The van der Waals surface area contributed by atoms with Crippen LogP contribution in [0.5, 0.6) is 0 Å². The van der Waals surface area contributed by atoms with Crippen molar-refractivity contribution in [2.75, 3.05) is 11.5 Å². The summed E-state index contributed by atoms with van der Waals surface area (Å²) in [4.78, 5) is 0. The number of benzene rings is 4. The van der Waals surface area contributed by atoms with Crippen LogP contribution < -0.4 is 11.5 Å². The molecule has 0 unspecified atom stereocenters. The van der Waals surface area contributed by atoms with Crippen LogP contribution in [-0.2, 0) is 38.5 Å². The Balaban J connectivity index is 0.941. The molecule has 0 spiro atoms. The van der Waals surface area contributed by atoms with Crippen molar-refractivity contribution >= 4 is 11.4 Å². The van der Waals surface area contributed by atoms with Crippen LogP contribution in [-0.4, -0.2) is 0 Å². The molecule has 0 saturated heterocycles. The van der Waals surface area contributed by atoms with E-state index in [9.17, 15) is 0 Å². The predicted octanol–water partition coefficient (Wildman–Crippen LogP) is 15.5. The standard InChI is InChI=1S/C54H80N2/c1-3-5-25-51-43-47(41-45-31-37-53(55)38-32-45)29-35-49(51)27-23-21-19-17-15-13-11-9-7-8-10-12-14-16-18-20-22-24-28-50-36-30-48(44-52(50)26-6-4-2)42-46-33-39-54(56)40-34-46/h29-40,43-44H,3-28,41-42,55-56H2,1-2H3. The summed E-state index contributed by atoms with van der Waals surface area (Å²) in [6, 6.07) is 31.3. The molecule has 2 nitrogen and oxygen atoms in total. The van der Waals surface area contributed by atoms with E-state index in [2.05, 4.69) is 74.5 Å². The predicted molar refractivity (Wildman–Crippen MR) is 248 cm³/mol.